The molecule has 0 amide bonds. The maximum atomic E-state index is 9.18. The van der Waals surface area contributed by atoms with Crippen molar-refractivity contribution in [3.8, 4) is 12.1 Å². The van der Waals surface area contributed by atoms with E-state index >= 15 is 0 Å². The first-order valence-corrected chi connectivity index (χ1v) is 6.48. The minimum absolute atomic E-state index is 0.0674. The topological polar surface area (TPSA) is 47.6 Å². The van der Waals surface area contributed by atoms with Crippen molar-refractivity contribution in [3.63, 3.8) is 0 Å². The fraction of sp³-hybridized carbons (Fsp3) is 0.625. The summed E-state index contributed by atoms with van der Waals surface area (Å²) < 4.78 is 0. The summed E-state index contributed by atoms with van der Waals surface area (Å²) >= 11 is 0. The Morgan fingerprint density at radius 1 is 1.06 bits per heavy atom. The molecule has 0 aromatic carbocycles. The zero-order valence-electron chi connectivity index (χ0n) is 11.9. The molecule has 2 aliphatic rings. The van der Waals surface area contributed by atoms with E-state index < -0.39 is 0 Å². The van der Waals surface area contributed by atoms with E-state index in [-0.39, 0.29) is 21.8 Å². The van der Waals surface area contributed by atoms with E-state index in [9.17, 15) is 10.5 Å². The summed E-state index contributed by atoms with van der Waals surface area (Å²) in [5.74, 6) is 0. The van der Waals surface area contributed by atoms with E-state index in [0.29, 0.717) is 0 Å². The van der Waals surface area contributed by atoms with Gasteiger partial charge in [0.15, 0.2) is 0 Å². The standard InChI is InChI=1S/C16H20N2/c1-11-8-13(12(9-17)10-18)16(5)7-6-15(11,4)14(16,2)3/h8H,6-7H2,1-5H3. The molecule has 0 radical (unpaired) electrons. The Morgan fingerprint density at radius 3 is 2.06 bits per heavy atom. The van der Waals surface area contributed by atoms with Crippen LogP contribution in [-0.2, 0) is 0 Å². The quantitative estimate of drug-likeness (QED) is 0.598. The second-order valence-electron chi connectivity index (χ2n) is 6.63. The molecule has 1 fully saturated rings. The number of rotatable bonds is 0. The Kier molecular flexibility index (Phi) is 2.50. The second kappa shape index (κ2) is 3.48. The molecule has 2 aliphatic carbocycles. The molecule has 94 valence electrons. The molecule has 2 heteroatoms. The molecule has 0 aliphatic heterocycles. The van der Waals surface area contributed by atoms with E-state index in [0.717, 1.165) is 18.4 Å². The van der Waals surface area contributed by atoms with Crippen molar-refractivity contribution in [1.29, 1.82) is 10.5 Å². The van der Waals surface area contributed by atoms with Crippen LogP contribution in [0.1, 0.15) is 47.5 Å². The lowest BCUT2D eigenvalue weighted by Gasteiger charge is -2.52. The van der Waals surface area contributed by atoms with Crippen molar-refractivity contribution in [1.82, 2.24) is 0 Å². The Bertz CT molecular complexity index is 535. The van der Waals surface area contributed by atoms with Crippen LogP contribution in [0, 0.1) is 38.9 Å². The third-order valence-corrected chi connectivity index (χ3v) is 6.20. The van der Waals surface area contributed by atoms with Crippen LogP contribution in [0.5, 0.6) is 0 Å². The molecule has 18 heavy (non-hydrogen) atoms. The molecular weight excluding hydrogens is 220 g/mol. The van der Waals surface area contributed by atoms with Crippen LogP contribution in [0.15, 0.2) is 22.8 Å². The van der Waals surface area contributed by atoms with Crippen LogP contribution in [-0.4, -0.2) is 0 Å². The monoisotopic (exact) mass is 240 g/mol. The molecular formula is C16H20N2. The highest BCUT2D eigenvalue weighted by molar-refractivity contribution is 5.53. The molecule has 0 spiro atoms. The predicted octanol–water partition coefficient (Wildman–Crippen LogP) is 4.12. The molecule has 2 atom stereocenters. The van der Waals surface area contributed by atoms with Gasteiger partial charge in [0.25, 0.3) is 0 Å². The van der Waals surface area contributed by atoms with Crippen LogP contribution in [0.4, 0.5) is 0 Å². The van der Waals surface area contributed by atoms with Gasteiger partial charge in [-0.25, -0.2) is 0 Å². The van der Waals surface area contributed by atoms with Crippen molar-refractivity contribution in [2.45, 2.75) is 47.5 Å². The zero-order valence-corrected chi connectivity index (χ0v) is 11.9. The largest absolute Gasteiger partial charge is 0.192 e. The first-order chi connectivity index (χ1) is 8.24. The highest BCUT2D eigenvalue weighted by Crippen LogP contribution is 2.70. The van der Waals surface area contributed by atoms with E-state index in [4.69, 9.17) is 0 Å². The van der Waals surface area contributed by atoms with Crippen LogP contribution < -0.4 is 0 Å². The maximum Gasteiger partial charge on any atom is 0.133 e. The van der Waals surface area contributed by atoms with Gasteiger partial charge in [-0.1, -0.05) is 39.3 Å². The average molecular weight is 240 g/mol. The van der Waals surface area contributed by atoms with Gasteiger partial charge in [-0.2, -0.15) is 10.5 Å². The van der Waals surface area contributed by atoms with Gasteiger partial charge < -0.3 is 0 Å². The molecule has 2 unspecified atom stereocenters. The van der Waals surface area contributed by atoms with E-state index in [1.165, 1.54) is 5.57 Å². The van der Waals surface area contributed by atoms with Crippen molar-refractivity contribution in [2.24, 2.45) is 16.2 Å². The molecule has 0 heterocycles. The Labute approximate surface area is 110 Å². The molecule has 2 bridgehead atoms. The van der Waals surface area contributed by atoms with Gasteiger partial charge in [-0.3, -0.25) is 0 Å². The summed E-state index contributed by atoms with van der Waals surface area (Å²) in [4.78, 5) is 0. The maximum absolute atomic E-state index is 9.18. The predicted molar refractivity (Wildman–Crippen MR) is 71.2 cm³/mol. The van der Waals surface area contributed by atoms with Gasteiger partial charge in [0, 0.05) is 5.41 Å². The number of hydrogen-bond donors (Lipinski definition) is 0. The van der Waals surface area contributed by atoms with Crippen LogP contribution in [0.3, 0.4) is 0 Å². The van der Waals surface area contributed by atoms with Gasteiger partial charge >= 0.3 is 0 Å². The molecule has 0 aromatic heterocycles. The highest BCUT2D eigenvalue weighted by atomic mass is 14.7. The summed E-state index contributed by atoms with van der Waals surface area (Å²) in [5, 5.41) is 18.4. The Balaban J connectivity index is 2.82. The number of hydrogen-bond acceptors (Lipinski definition) is 2. The van der Waals surface area contributed by atoms with Gasteiger partial charge in [0.2, 0.25) is 0 Å². The lowest BCUT2D eigenvalue weighted by Crippen LogP contribution is -2.44. The normalized spacial score (nSPS) is 36.6. The van der Waals surface area contributed by atoms with Crippen molar-refractivity contribution >= 4 is 0 Å². The Hall–Kier alpha value is -1.54. The number of nitrogens with zero attached hydrogens (tertiary/aromatic N) is 2. The van der Waals surface area contributed by atoms with Gasteiger partial charge in [-0.15, -0.1) is 0 Å². The fourth-order valence-electron chi connectivity index (χ4n) is 3.92. The third kappa shape index (κ3) is 1.16. The minimum Gasteiger partial charge on any atom is -0.192 e. The number of fused-ring (bicyclic) bond motifs is 2. The van der Waals surface area contributed by atoms with E-state index in [1.807, 2.05) is 0 Å². The zero-order chi connectivity index (χ0) is 13.8. The fourth-order valence-corrected chi connectivity index (χ4v) is 3.92. The first-order valence-electron chi connectivity index (χ1n) is 6.48. The summed E-state index contributed by atoms with van der Waals surface area (Å²) in [6.07, 6.45) is 4.28. The summed E-state index contributed by atoms with van der Waals surface area (Å²) in [6.45, 7) is 11.2. The van der Waals surface area contributed by atoms with Gasteiger partial charge in [0.05, 0.1) is 0 Å². The molecule has 2 rings (SSSR count). The van der Waals surface area contributed by atoms with Crippen molar-refractivity contribution in [2.75, 3.05) is 0 Å². The summed E-state index contributed by atoms with van der Waals surface area (Å²) in [6, 6.07) is 4.15. The van der Waals surface area contributed by atoms with Crippen molar-refractivity contribution < 1.29 is 0 Å². The van der Waals surface area contributed by atoms with Crippen LogP contribution >= 0.6 is 0 Å². The van der Waals surface area contributed by atoms with Gasteiger partial charge in [-0.05, 0) is 36.2 Å². The smallest absolute Gasteiger partial charge is 0.133 e. The lowest BCUT2D eigenvalue weighted by atomic mass is 9.51. The lowest BCUT2D eigenvalue weighted by molar-refractivity contribution is 0.0699. The van der Waals surface area contributed by atoms with Crippen LogP contribution in [0.25, 0.3) is 0 Å². The van der Waals surface area contributed by atoms with Crippen molar-refractivity contribution in [3.05, 3.63) is 22.8 Å². The third-order valence-electron chi connectivity index (χ3n) is 6.20. The SMILES string of the molecule is CC1=CC(=C(C#N)C#N)C2(C)CCC1(C)C2(C)C. The molecule has 0 saturated heterocycles. The van der Waals surface area contributed by atoms with E-state index in [2.05, 4.69) is 52.8 Å². The summed E-state index contributed by atoms with van der Waals surface area (Å²) in [5.41, 5.74) is 2.73. The summed E-state index contributed by atoms with van der Waals surface area (Å²) in [7, 11) is 0. The average Bonchev–Trinajstić information content (AvgIpc) is 2.44. The Morgan fingerprint density at radius 2 is 1.56 bits per heavy atom. The van der Waals surface area contributed by atoms with E-state index in [1.54, 1.807) is 0 Å². The molecule has 1 saturated carbocycles. The second-order valence-corrected chi connectivity index (χ2v) is 6.63. The first kappa shape index (κ1) is 12.9. The molecule has 2 nitrogen and oxygen atoms in total. The highest BCUT2D eigenvalue weighted by Gasteiger charge is 2.62. The molecule has 0 aromatic rings. The number of allylic oxidation sites excluding steroid dienone is 4. The minimum atomic E-state index is -0.0674. The molecule has 0 N–H and O–H groups in total. The van der Waals surface area contributed by atoms with Crippen LogP contribution in [0.2, 0.25) is 0 Å². The van der Waals surface area contributed by atoms with Gasteiger partial charge in [0.1, 0.15) is 17.7 Å². The number of nitriles is 2.